The van der Waals surface area contributed by atoms with E-state index in [9.17, 15) is 0 Å². The molecule has 0 aliphatic rings. The molecule has 1 heterocycles. The zero-order chi connectivity index (χ0) is 8.10. The second-order valence-electron chi connectivity index (χ2n) is 2.77. The Bertz CT molecular complexity index is 194. The van der Waals surface area contributed by atoms with Crippen LogP contribution in [0.1, 0.15) is 38.3 Å². The Morgan fingerprint density at radius 2 is 2.18 bits per heavy atom. The first-order chi connectivity index (χ1) is 5.38. The van der Waals surface area contributed by atoms with Crippen LogP contribution in [-0.2, 0) is 0 Å². The monoisotopic (exact) mass is 147 g/mol. The van der Waals surface area contributed by atoms with E-state index in [-0.39, 0.29) is 0 Å². The normalized spacial score (nSPS) is 10.1. The molecule has 58 valence electrons. The first kappa shape index (κ1) is 8.44. The van der Waals surface area contributed by atoms with Crippen LogP contribution in [0.3, 0.4) is 0 Å². The zero-order valence-electron chi connectivity index (χ0n) is 7.25. The molecule has 0 N–H and O–H groups in total. The maximum atomic E-state index is 4.32. The van der Waals surface area contributed by atoms with Crippen molar-refractivity contribution in [3.05, 3.63) is 23.8 Å². The SMILES string of the molecule is CCC(CC)c1cccbn1. The van der Waals surface area contributed by atoms with Gasteiger partial charge in [-0.05, 0) is 0 Å². The van der Waals surface area contributed by atoms with E-state index in [0.717, 1.165) is 0 Å². The molecule has 0 saturated carbocycles. The predicted molar refractivity (Wildman–Crippen MR) is 48.9 cm³/mol. The fourth-order valence-corrected chi connectivity index (χ4v) is 1.32. The molecular formula is C9H14BN. The molecular weight excluding hydrogens is 133 g/mol. The summed E-state index contributed by atoms with van der Waals surface area (Å²) >= 11 is 0. The van der Waals surface area contributed by atoms with E-state index in [4.69, 9.17) is 0 Å². The number of aromatic nitrogens is 1. The van der Waals surface area contributed by atoms with Gasteiger partial charge in [0.05, 0.1) is 0 Å². The summed E-state index contributed by atoms with van der Waals surface area (Å²) in [5.41, 5.74) is 1.23. The van der Waals surface area contributed by atoms with Crippen LogP contribution < -0.4 is 0 Å². The van der Waals surface area contributed by atoms with Crippen LogP contribution in [0.15, 0.2) is 18.1 Å². The van der Waals surface area contributed by atoms with Gasteiger partial charge >= 0.3 is 68.3 Å². The van der Waals surface area contributed by atoms with E-state index in [1.54, 1.807) is 0 Å². The molecule has 1 aromatic heterocycles. The third-order valence-electron chi connectivity index (χ3n) is 2.09. The van der Waals surface area contributed by atoms with Gasteiger partial charge in [-0.2, -0.15) is 0 Å². The van der Waals surface area contributed by atoms with Gasteiger partial charge in [0.2, 0.25) is 0 Å². The quantitative estimate of drug-likeness (QED) is 0.639. The van der Waals surface area contributed by atoms with Crippen LogP contribution >= 0.6 is 0 Å². The molecule has 2 heteroatoms. The third kappa shape index (κ3) is 2.14. The Morgan fingerprint density at radius 3 is 2.64 bits per heavy atom. The number of rotatable bonds is 3. The van der Waals surface area contributed by atoms with Crippen molar-refractivity contribution in [3.63, 3.8) is 0 Å². The minimum absolute atomic E-state index is 0.649. The molecule has 1 rings (SSSR count). The summed E-state index contributed by atoms with van der Waals surface area (Å²) in [5, 5.41) is 0. The van der Waals surface area contributed by atoms with E-state index < -0.39 is 0 Å². The summed E-state index contributed by atoms with van der Waals surface area (Å²) in [6, 6.07) is 4.16. The first-order valence-corrected chi connectivity index (χ1v) is 4.29. The van der Waals surface area contributed by atoms with Gasteiger partial charge in [-0.1, -0.05) is 0 Å². The summed E-state index contributed by atoms with van der Waals surface area (Å²) in [5.74, 6) is 2.61. The molecule has 0 aliphatic carbocycles. The predicted octanol–water partition coefficient (Wildman–Crippen LogP) is 2.32. The fraction of sp³-hybridized carbons (Fsp3) is 0.556. The molecule has 0 saturated heterocycles. The number of hydrogen-bond acceptors (Lipinski definition) is 1. The van der Waals surface area contributed by atoms with Crippen molar-refractivity contribution in [1.82, 2.24) is 4.89 Å². The molecule has 0 unspecified atom stereocenters. The minimum atomic E-state index is 0.649. The van der Waals surface area contributed by atoms with Crippen LogP contribution in [0.25, 0.3) is 0 Å². The topological polar surface area (TPSA) is 12.9 Å². The molecule has 1 nitrogen and oxygen atoms in total. The van der Waals surface area contributed by atoms with Gasteiger partial charge in [0.25, 0.3) is 0 Å². The standard InChI is InChI=1S/C9H14BN/c1-3-8(4-2)9-6-5-7-10-11-9/h5-8H,3-4H2,1-2H3. The van der Waals surface area contributed by atoms with Gasteiger partial charge in [-0.25, -0.2) is 0 Å². The molecule has 0 spiro atoms. The van der Waals surface area contributed by atoms with Crippen LogP contribution in [0.4, 0.5) is 0 Å². The van der Waals surface area contributed by atoms with Crippen molar-refractivity contribution < 1.29 is 0 Å². The molecule has 0 bridgehead atoms. The van der Waals surface area contributed by atoms with Crippen molar-refractivity contribution in [2.75, 3.05) is 0 Å². The first-order valence-electron chi connectivity index (χ1n) is 4.29. The fourth-order valence-electron chi connectivity index (χ4n) is 1.32. The van der Waals surface area contributed by atoms with Crippen molar-refractivity contribution >= 4 is 7.05 Å². The summed E-state index contributed by atoms with van der Waals surface area (Å²) < 4.78 is 0. The Morgan fingerprint density at radius 1 is 1.45 bits per heavy atom. The van der Waals surface area contributed by atoms with Crippen molar-refractivity contribution in [1.29, 1.82) is 0 Å². The molecule has 11 heavy (non-hydrogen) atoms. The number of hydrogen-bond donors (Lipinski definition) is 0. The van der Waals surface area contributed by atoms with Crippen LogP contribution in [0.2, 0.25) is 0 Å². The molecule has 0 fully saturated rings. The molecule has 0 amide bonds. The van der Waals surface area contributed by atoms with E-state index >= 15 is 0 Å². The molecule has 0 aromatic carbocycles. The van der Waals surface area contributed by atoms with Crippen molar-refractivity contribution in [2.45, 2.75) is 32.6 Å². The van der Waals surface area contributed by atoms with Crippen molar-refractivity contribution in [2.24, 2.45) is 0 Å². The Labute approximate surface area is 69.1 Å². The van der Waals surface area contributed by atoms with Gasteiger partial charge in [0.1, 0.15) is 0 Å². The molecule has 0 radical (unpaired) electrons. The Kier molecular flexibility index (Phi) is 3.28. The van der Waals surface area contributed by atoms with Gasteiger partial charge in [-0.15, -0.1) is 0 Å². The van der Waals surface area contributed by atoms with E-state index in [1.165, 1.54) is 18.5 Å². The van der Waals surface area contributed by atoms with Crippen LogP contribution in [0.5, 0.6) is 0 Å². The van der Waals surface area contributed by atoms with Crippen molar-refractivity contribution in [3.8, 4) is 0 Å². The summed E-state index contributed by atoms with van der Waals surface area (Å²) in [6.07, 6.45) is 2.38. The summed E-state index contributed by atoms with van der Waals surface area (Å²) in [6.45, 7) is 4.42. The van der Waals surface area contributed by atoms with Gasteiger partial charge in [-0.3, -0.25) is 0 Å². The summed E-state index contributed by atoms with van der Waals surface area (Å²) in [4.78, 5) is 4.32. The second-order valence-corrected chi connectivity index (χ2v) is 2.77. The van der Waals surface area contributed by atoms with Gasteiger partial charge in [0.15, 0.2) is 0 Å². The van der Waals surface area contributed by atoms with Gasteiger partial charge in [0, 0.05) is 0 Å². The second kappa shape index (κ2) is 4.27. The molecule has 0 aliphatic heterocycles. The Hall–Kier alpha value is -0.655. The molecule has 1 aromatic rings. The number of nitrogens with zero attached hydrogens (tertiary/aromatic N) is 1. The van der Waals surface area contributed by atoms with Crippen LogP contribution in [-0.4, -0.2) is 11.9 Å². The molecule has 0 atom stereocenters. The average Bonchev–Trinajstić information content (AvgIpc) is 2.09. The van der Waals surface area contributed by atoms with E-state index in [0.29, 0.717) is 5.92 Å². The van der Waals surface area contributed by atoms with Crippen LogP contribution in [0, 0.1) is 0 Å². The van der Waals surface area contributed by atoms with E-state index in [1.807, 2.05) is 13.0 Å². The zero-order valence-corrected chi connectivity index (χ0v) is 7.25. The average molecular weight is 147 g/mol. The Balaban J connectivity index is 2.74. The van der Waals surface area contributed by atoms with E-state index in [2.05, 4.69) is 30.9 Å². The third-order valence-corrected chi connectivity index (χ3v) is 2.09. The van der Waals surface area contributed by atoms with Gasteiger partial charge < -0.3 is 0 Å². The summed E-state index contributed by atoms with van der Waals surface area (Å²) in [7, 11) is 1.87. The maximum absolute atomic E-state index is 4.32.